The van der Waals surface area contributed by atoms with Gasteiger partial charge in [-0.05, 0) is 17.7 Å². The number of hydrogen-bond donors (Lipinski definition) is 0. The van der Waals surface area contributed by atoms with Crippen LogP contribution in [-0.4, -0.2) is 11.2 Å². The van der Waals surface area contributed by atoms with Crippen molar-refractivity contribution in [2.24, 2.45) is 0 Å². The molecule has 0 heterocycles. The molecule has 0 aliphatic carbocycles. The molecule has 3 heteroatoms. The highest BCUT2D eigenvalue weighted by molar-refractivity contribution is 7.99. The van der Waals surface area contributed by atoms with Crippen molar-refractivity contribution >= 4 is 17.7 Å². The molecule has 0 saturated carbocycles. The van der Waals surface area contributed by atoms with E-state index in [-0.39, 0.29) is 11.2 Å². The summed E-state index contributed by atoms with van der Waals surface area (Å²) < 4.78 is 5.28. The van der Waals surface area contributed by atoms with Crippen LogP contribution in [0.15, 0.2) is 60.7 Å². The highest BCUT2D eigenvalue weighted by Crippen LogP contribution is 2.20. The van der Waals surface area contributed by atoms with E-state index in [1.165, 1.54) is 5.56 Å². The van der Waals surface area contributed by atoms with E-state index in [9.17, 15) is 4.79 Å². The highest BCUT2D eigenvalue weighted by atomic mass is 32.2. The average Bonchev–Trinajstić information content (AvgIpc) is 2.47. The van der Waals surface area contributed by atoms with Crippen LogP contribution in [0.3, 0.4) is 0 Å². The van der Waals surface area contributed by atoms with E-state index in [2.05, 4.69) is 19.1 Å². The Bertz CT molecular complexity index is 525. The van der Waals surface area contributed by atoms with Gasteiger partial charge in [0.15, 0.2) is 0 Å². The smallest absolute Gasteiger partial charge is 0.312 e. The van der Waals surface area contributed by atoms with Gasteiger partial charge in [0.1, 0.15) is 5.75 Å². The first kappa shape index (κ1) is 14.7. The van der Waals surface area contributed by atoms with Gasteiger partial charge >= 0.3 is 5.97 Å². The zero-order valence-electron chi connectivity index (χ0n) is 11.5. The number of hydrogen-bond acceptors (Lipinski definition) is 3. The minimum Gasteiger partial charge on any atom is -0.427 e. The van der Waals surface area contributed by atoms with Gasteiger partial charge in [0.25, 0.3) is 0 Å². The molecule has 1 atom stereocenters. The summed E-state index contributed by atoms with van der Waals surface area (Å²) in [6.45, 7) is 2.06. The molecular weight excluding hydrogens is 268 g/mol. The minimum absolute atomic E-state index is 0.177. The number of benzene rings is 2. The molecule has 104 valence electrons. The van der Waals surface area contributed by atoms with Crippen LogP contribution < -0.4 is 4.74 Å². The number of para-hydroxylation sites is 1. The molecule has 2 aromatic rings. The van der Waals surface area contributed by atoms with Crippen LogP contribution in [0.25, 0.3) is 0 Å². The Labute approximate surface area is 124 Å². The van der Waals surface area contributed by atoms with E-state index in [1.54, 1.807) is 23.9 Å². The van der Waals surface area contributed by atoms with Crippen LogP contribution in [0, 0.1) is 0 Å². The maximum absolute atomic E-state index is 11.8. The fourth-order valence-corrected chi connectivity index (χ4v) is 2.69. The molecule has 0 fully saturated rings. The Morgan fingerprint density at radius 3 is 2.30 bits per heavy atom. The number of carbonyl (C=O) groups is 1. The van der Waals surface area contributed by atoms with Crippen LogP contribution in [0.4, 0.5) is 0 Å². The number of carbonyl (C=O) groups excluding carboxylic acids is 1. The molecule has 0 spiro atoms. The van der Waals surface area contributed by atoms with Crippen LogP contribution >= 0.6 is 11.8 Å². The maximum Gasteiger partial charge on any atom is 0.312 e. The minimum atomic E-state index is -0.177. The van der Waals surface area contributed by atoms with Crippen molar-refractivity contribution in [3.05, 3.63) is 66.2 Å². The molecule has 2 aromatic carbocycles. The van der Waals surface area contributed by atoms with Gasteiger partial charge < -0.3 is 4.74 Å². The molecule has 2 nitrogen and oxygen atoms in total. The maximum atomic E-state index is 11.8. The van der Waals surface area contributed by atoms with Crippen molar-refractivity contribution < 1.29 is 9.53 Å². The summed E-state index contributed by atoms with van der Waals surface area (Å²) in [6, 6.07) is 19.5. The lowest BCUT2D eigenvalue weighted by atomic mass is 10.2. The number of ether oxygens (including phenoxy) is 1. The van der Waals surface area contributed by atoms with E-state index in [0.717, 1.165) is 5.75 Å². The van der Waals surface area contributed by atoms with Gasteiger partial charge in [0.2, 0.25) is 0 Å². The van der Waals surface area contributed by atoms with E-state index < -0.39 is 0 Å². The number of thioether (sulfide) groups is 1. The Kier molecular flexibility index (Phi) is 5.69. The number of esters is 1. The Morgan fingerprint density at radius 2 is 1.65 bits per heavy atom. The summed E-state index contributed by atoms with van der Waals surface area (Å²) in [5.74, 6) is 1.35. The van der Waals surface area contributed by atoms with E-state index >= 15 is 0 Å². The summed E-state index contributed by atoms with van der Waals surface area (Å²) in [6.07, 6.45) is 0.423. The summed E-state index contributed by atoms with van der Waals surface area (Å²) in [7, 11) is 0. The second-order valence-electron chi connectivity index (χ2n) is 4.60. The van der Waals surface area contributed by atoms with Gasteiger partial charge in [0.05, 0.1) is 6.42 Å². The van der Waals surface area contributed by atoms with Gasteiger partial charge in [-0.25, -0.2) is 0 Å². The zero-order valence-corrected chi connectivity index (χ0v) is 12.3. The van der Waals surface area contributed by atoms with Crippen molar-refractivity contribution in [1.82, 2.24) is 0 Å². The average molecular weight is 286 g/mol. The highest BCUT2D eigenvalue weighted by Gasteiger charge is 2.11. The van der Waals surface area contributed by atoms with Crippen LogP contribution in [-0.2, 0) is 10.5 Å². The van der Waals surface area contributed by atoms with Gasteiger partial charge in [-0.15, -0.1) is 0 Å². The zero-order chi connectivity index (χ0) is 14.2. The lowest BCUT2D eigenvalue weighted by Crippen LogP contribution is -2.13. The second-order valence-corrected chi connectivity index (χ2v) is 6.03. The van der Waals surface area contributed by atoms with Crippen molar-refractivity contribution in [3.8, 4) is 5.75 Å². The monoisotopic (exact) mass is 286 g/mol. The molecule has 0 amide bonds. The molecule has 2 rings (SSSR count). The first-order valence-corrected chi connectivity index (χ1v) is 7.70. The summed E-state index contributed by atoms with van der Waals surface area (Å²) in [4.78, 5) is 11.8. The molecule has 0 aliphatic heterocycles. The van der Waals surface area contributed by atoms with Crippen LogP contribution in [0.5, 0.6) is 5.75 Å². The second kappa shape index (κ2) is 7.75. The van der Waals surface area contributed by atoms with Gasteiger partial charge in [-0.1, -0.05) is 55.5 Å². The van der Waals surface area contributed by atoms with Crippen LogP contribution in [0.1, 0.15) is 18.9 Å². The molecule has 0 N–H and O–H groups in total. The summed E-state index contributed by atoms with van der Waals surface area (Å²) in [5, 5.41) is 0.242. The van der Waals surface area contributed by atoms with Crippen LogP contribution in [0.2, 0.25) is 0 Å². The van der Waals surface area contributed by atoms with Gasteiger partial charge in [0, 0.05) is 11.0 Å². The molecule has 20 heavy (non-hydrogen) atoms. The standard InChI is InChI=1S/C17H18O2S/c1-14(20-13-15-8-4-2-5-9-15)12-17(18)19-16-10-6-3-7-11-16/h2-11,14H,12-13H2,1H3/t14-/m0/s1. The molecule has 0 unspecified atom stereocenters. The largest absolute Gasteiger partial charge is 0.427 e. The lowest BCUT2D eigenvalue weighted by Gasteiger charge is -2.10. The Hall–Kier alpha value is -1.74. The molecular formula is C17H18O2S. The van der Waals surface area contributed by atoms with Crippen molar-refractivity contribution in [2.45, 2.75) is 24.3 Å². The first-order chi connectivity index (χ1) is 9.74. The Morgan fingerprint density at radius 1 is 1.05 bits per heavy atom. The number of rotatable bonds is 6. The topological polar surface area (TPSA) is 26.3 Å². The van der Waals surface area contributed by atoms with E-state index in [0.29, 0.717) is 12.2 Å². The predicted octanol–water partition coefficient (Wildman–Crippen LogP) is 4.30. The Balaban J connectivity index is 1.74. The quantitative estimate of drug-likeness (QED) is 0.585. The third kappa shape index (κ3) is 5.10. The first-order valence-electron chi connectivity index (χ1n) is 6.65. The van der Waals surface area contributed by atoms with Crippen molar-refractivity contribution in [2.75, 3.05) is 0 Å². The molecule has 0 radical (unpaired) electrons. The third-order valence-corrected chi connectivity index (χ3v) is 4.04. The summed E-state index contributed by atoms with van der Waals surface area (Å²) in [5.41, 5.74) is 1.28. The van der Waals surface area contributed by atoms with E-state index in [4.69, 9.17) is 4.74 Å². The molecule has 0 saturated heterocycles. The van der Waals surface area contributed by atoms with Gasteiger partial charge in [-0.3, -0.25) is 4.79 Å². The molecule has 0 aliphatic rings. The lowest BCUT2D eigenvalue weighted by molar-refractivity contribution is -0.134. The van der Waals surface area contributed by atoms with Gasteiger partial charge in [-0.2, -0.15) is 11.8 Å². The fraction of sp³-hybridized carbons (Fsp3) is 0.235. The predicted molar refractivity (Wildman–Crippen MR) is 83.9 cm³/mol. The van der Waals surface area contributed by atoms with E-state index in [1.807, 2.05) is 36.4 Å². The van der Waals surface area contributed by atoms with Crippen molar-refractivity contribution in [1.29, 1.82) is 0 Å². The molecule has 0 bridgehead atoms. The fourth-order valence-electron chi connectivity index (χ4n) is 1.77. The summed E-state index contributed by atoms with van der Waals surface area (Å²) >= 11 is 1.77. The third-order valence-electron chi connectivity index (χ3n) is 2.81. The SMILES string of the molecule is C[C@@H](CC(=O)Oc1ccccc1)SCc1ccccc1. The molecule has 0 aromatic heterocycles. The normalized spacial score (nSPS) is 11.8. The van der Waals surface area contributed by atoms with Crippen molar-refractivity contribution in [3.63, 3.8) is 0 Å².